The van der Waals surface area contributed by atoms with Crippen LogP contribution in [-0.4, -0.2) is 27.2 Å². The van der Waals surface area contributed by atoms with Gasteiger partial charge in [-0.05, 0) is 12.8 Å². The van der Waals surface area contributed by atoms with Crippen LogP contribution in [0.25, 0.3) is 0 Å². The Hall–Kier alpha value is -1.41. The summed E-state index contributed by atoms with van der Waals surface area (Å²) in [6.07, 6.45) is 0.478. The Morgan fingerprint density at radius 1 is 1.58 bits per heavy atom. The third kappa shape index (κ3) is 3.32. The van der Waals surface area contributed by atoms with Crippen LogP contribution >= 0.6 is 8.25 Å². The summed E-state index contributed by atoms with van der Waals surface area (Å²) in [5.74, 6) is -1.08. The molecule has 1 unspecified atom stereocenters. The second kappa shape index (κ2) is 5.70. The molecule has 1 aliphatic heterocycles. The van der Waals surface area contributed by atoms with Gasteiger partial charge in [0.2, 0.25) is 5.82 Å². The lowest BCUT2D eigenvalue weighted by atomic mass is 10.2. The van der Waals surface area contributed by atoms with Crippen LogP contribution in [-0.2, 0) is 13.8 Å². The van der Waals surface area contributed by atoms with E-state index in [4.69, 9.17) is 9.63 Å². The van der Waals surface area contributed by atoms with E-state index in [1.165, 1.54) is 0 Å². The van der Waals surface area contributed by atoms with Crippen LogP contribution in [0.15, 0.2) is 15.8 Å². The number of halogens is 1. The van der Waals surface area contributed by atoms with Gasteiger partial charge in [0.05, 0.1) is 12.3 Å². The summed E-state index contributed by atoms with van der Waals surface area (Å²) >= 11 is 0. The molecule has 8 nitrogen and oxygen atoms in total. The number of aromatic amines is 1. The minimum absolute atomic E-state index is 0.0945. The zero-order valence-electron chi connectivity index (χ0n) is 9.61. The number of hydrogen-bond donors (Lipinski definition) is 2. The summed E-state index contributed by atoms with van der Waals surface area (Å²) in [6, 6.07) is 0. The third-order valence-corrected chi connectivity index (χ3v) is 3.06. The molecule has 0 bridgehead atoms. The van der Waals surface area contributed by atoms with Crippen LogP contribution < -0.4 is 11.2 Å². The molecule has 2 rings (SSSR count). The van der Waals surface area contributed by atoms with E-state index in [2.05, 4.69) is 4.52 Å². The van der Waals surface area contributed by atoms with Crippen LogP contribution in [0.4, 0.5) is 4.39 Å². The molecule has 19 heavy (non-hydrogen) atoms. The summed E-state index contributed by atoms with van der Waals surface area (Å²) in [5.41, 5.74) is -1.86. The predicted octanol–water partition coefficient (Wildman–Crippen LogP) is 0.0196. The van der Waals surface area contributed by atoms with E-state index in [1.54, 1.807) is 0 Å². The van der Waals surface area contributed by atoms with Gasteiger partial charge in [0.15, 0.2) is 0 Å². The van der Waals surface area contributed by atoms with Gasteiger partial charge >= 0.3 is 13.9 Å². The Morgan fingerprint density at radius 3 is 3.00 bits per heavy atom. The molecule has 1 fully saturated rings. The van der Waals surface area contributed by atoms with E-state index >= 15 is 0 Å². The molecule has 104 valence electrons. The van der Waals surface area contributed by atoms with E-state index in [1.807, 2.05) is 4.98 Å². The zero-order chi connectivity index (χ0) is 14.0. The van der Waals surface area contributed by atoms with Gasteiger partial charge in [-0.2, -0.15) is 4.39 Å². The lowest BCUT2D eigenvalue weighted by molar-refractivity contribution is -0.0208. The molecule has 0 radical (unpaired) electrons. The molecule has 1 aromatic heterocycles. The number of H-pyrrole nitrogens is 1. The van der Waals surface area contributed by atoms with Crippen molar-refractivity contribution in [3.8, 4) is 0 Å². The fraction of sp³-hybridized carbons (Fsp3) is 0.556. The van der Waals surface area contributed by atoms with Gasteiger partial charge in [-0.1, -0.05) is 0 Å². The highest BCUT2D eigenvalue weighted by Crippen LogP contribution is 2.28. The minimum atomic E-state index is -2.71. The molecule has 10 heteroatoms. The number of nitrogens with zero attached hydrogens (tertiary/aromatic N) is 1. The fourth-order valence-corrected chi connectivity index (χ4v) is 2.13. The van der Waals surface area contributed by atoms with Gasteiger partial charge in [-0.3, -0.25) is 14.3 Å². The maximum Gasteiger partial charge on any atom is 0.694 e. The Labute approximate surface area is 106 Å². The smallest absolute Gasteiger partial charge is 0.352 e. The average molecular weight is 293 g/mol. The first-order valence-electron chi connectivity index (χ1n) is 5.43. The molecule has 0 spiro atoms. The van der Waals surface area contributed by atoms with Crippen LogP contribution in [0, 0.1) is 5.82 Å². The van der Waals surface area contributed by atoms with Crippen LogP contribution in [0.2, 0.25) is 0 Å². The summed E-state index contributed by atoms with van der Waals surface area (Å²) < 4.78 is 34.3. The second-order valence-corrected chi connectivity index (χ2v) is 4.70. The monoisotopic (exact) mass is 293 g/mol. The van der Waals surface area contributed by atoms with Crippen LogP contribution in [0.1, 0.15) is 19.1 Å². The summed E-state index contributed by atoms with van der Waals surface area (Å²) in [7, 11) is -2.71. The Morgan fingerprint density at radius 2 is 2.32 bits per heavy atom. The Kier molecular flexibility index (Phi) is 4.20. The van der Waals surface area contributed by atoms with E-state index < -0.39 is 37.7 Å². The molecule has 1 aliphatic rings. The zero-order valence-corrected chi connectivity index (χ0v) is 10.5. The second-order valence-electron chi connectivity index (χ2n) is 3.97. The Bertz CT molecular complexity index is 599. The van der Waals surface area contributed by atoms with Crippen molar-refractivity contribution in [1.29, 1.82) is 0 Å². The summed E-state index contributed by atoms with van der Waals surface area (Å²) in [6.45, 7) is -0.0945. The molecular weight excluding hydrogens is 282 g/mol. The highest BCUT2D eigenvalue weighted by molar-refractivity contribution is 7.32. The summed E-state index contributed by atoms with van der Waals surface area (Å²) in [4.78, 5) is 32.7. The normalized spacial score (nSPS) is 23.6. The van der Waals surface area contributed by atoms with Crippen molar-refractivity contribution in [3.63, 3.8) is 0 Å². The molecule has 2 N–H and O–H groups in total. The van der Waals surface area contributed by atoms with Crippen molar-refractivity contribution in [2.75, 3.05) is 6.61 Å². The highest BCUT2D eigenvalue weighted by atomic mass is 31.1. The molecule has 2 heterocycles. The molecule has 0 aromatic carbocycles. The maximum atomic E-state index is 13.1. The molecule has 0 amide bonds. The lowest BCUT2D eigenvalue weighted by Crippen LogP contribution is -2.34. The Balaban J connectivity index is 2.09. The van der Waals surface area contributed by atoms with Crippen molar-refractivity contribution < 1.29 is 23.1 Å². The number of ether oxygens (including phenoxy) is 1. The largest absolute Gasteiger partial charge is 0.694 e. The van der Waals surface area contributed by atoms with Crippen molar-refractivity contribution in [2.24, 2.45) is 0 Å². The first-order chi connectivity index (χ1) is 8.97. The van der Waals surface area contributed by atoms with Crippen molar-refractivity contribution in [3.05, 3.63) is 32.9 Å². The minimum Gasteiger partial charge on any atom is -0.352 e. The van der Waals surface area contributed by atoms with Gasteiger partial charge in [0, 0.05) is 4.57 Å². The topological polar surface area (TPSA) is 111 Å². The molecule has 1 aromatic rings. The number of hydrogen-bond acceptors (Lipinski definition) is 5. The van der Waals surface area contributed by atoms with Crippen molar-refractivity contribution >= 4 is 8.25 Å². The van der Waals surface area contributed by atoms with Crippen molar-refractivity contribution in [1.82, 2.24) is 9.55 Å². The quantitative estimate of drug-likeness (QED) is 0.757. The van der Waals surface area contributed by atoms with Crippen LogP contribution in [0.3, 0.4) is 0 Å². The molecule has 0 aliphatic carbocycles. The molecule has 1 saturated heterocycles. The van der Waals surface area contributed by atoms with Gasteiger partial charge in [0.25, 0.3) is 5.56 Å². The first kappa shape index (κ1) is 14.0. The van der Waals surface area contributed by atoms with E-state index in [-0.39, 0.29) is 6.61 Å². The van der Waals surface area contributed by atoms with Crippen LogP contribution in [0.5, 0.6) is 0 Å². The van der Waals surface area contributed by atoms with Gasteiger partial charge < -0.3 is 4.74 Å². The number of rotatable bonds is 4. The van der Waals surface area contributed by atoms with E-state index in [0.717, 1.165) is 10.8 Å². The first-order valence-corrected chi connectivity index (χ1v) is 6.56. The van der Waals surface area contributed by atoms with E-state index in [0.29, 0.717) is 12.8 Å². The fourth-order valence-electron chi connectivity index (χ4n) is 1.84. The molecule has 3 atom stereocenters. The SMILES string of the molecule is O=c1[nH]c(=O)n([C@H]2CC[C@@H](CO[P+](=O)O)O2)cc1F. The summed E-state index contributed by atoms with van der Waals surface area (Å²) in [5, 5.41) is 0. The van der Waals surface area contributed by atoms with Gasteiger partial charge in [-0.25, -0.2) is 4.79 Å². The third-order valence-electron chi connectivity index (χ3n) is 2.69. The van der Waals surface area contributed by atoms with E-state index in [9.17, 15) is 18.5 Å². The maximum absolute atomic E-state index is 13.1. The van der Waals surface area contributed by atoms with Crippen molar-refractivity contribution in [2.45, 2.75) is 25.2 Å². The molecule has 0 saturated carbocycles. The number of aromatic nitrogens is 2. The average Bonchev–Trinajstić information content (AvgIpc) is 2.80. The van der Waals surface area contributed by atoms with Gasteiger partial charge in [0.1, 0.15) is 12.8 Å². The van der Waals surface area contributed by atoms with Gasteiger partial charge in [-0.15, -0.1) is 9.42 Å². The molecular formula is C9H11FN2O6P+. The predicted molar refractivity (Wildman–Crippen MR) is 60.2 cm³/mol. The standard InChI is InChI=1S/C9H10FN2O6P/c10-6-3-12(9(14)11-8(6)13)7-2-1-5(18-7)4-17-19(15)16/h3,5,7H,1-2,4H2,(H-,11,13,14,15,16)/p+1/t5-,7+/m0/s1. The highest BCUT2D eigenvalue weighted by Gasteiger charge is 2.30. The lowest BCUT2D eigenvalue weighted by Gasteiger charge is -2.14. The number of nitrogens with one attached hydrogen (secondary N) is 1.